The van der Waals surface area contributed by atoms with Crippen LogP contribution in [0.25, 0.3) is 0 Å². The highest BCUT2D eigenvalue weighted by Gasteiger charge is 2.11. The fraction of sp³-hybridized carbons (Fsp3) is 0.600. The minimum absolute atomic E-state index is 0.470. The fourth-order valence-corrected chi connectivity index (χ4v) is 2.36. The summed E-state index contributed by atoms with van der Waals surface area (Å²) in [6.07, 6.45) is 6.07. The Balaban J connectivity index is 1.83. The molecule has 0 aliphatic carbocycles. The van der Waals surface area contributed by atoms with Crippen molar-refractivity contribution in [2.75, 3.05) is 20.0 Å². The highest BCUT2D eigenvalue weighted by molar-refractivity contribution is 5.15. The molecule has 1 atom stereocenters. The van der Waals surface area contributed by atoms with E-state index in [2.05, 4.69) is 30.3 Å². The maximum absolute atomic E-state index is 5.46. The molecule has 0 aromatic heterocycles. The summed E-state index contributed by atoms with van der Waals surface area (Å²) < 4.78 is 10.8. The molecule has 2 heteroatoms. The highest BCUT2D eigenvalue weighted by atomic mass is 16.7. The van der Waals surface area contributed by atoms with E-state index >= 15 is 0 Å². The Hall–Kier alpha value is -0.860. The summed E-state index contributed by atoms with van der Waals surface area (Å²) in [4.78, 5) is 0. The van der Waals surface area contributed by atoms with Crippen LogP contribution in [0.1, 0.15) is 31.2 Å². The topological polar surface area (TPSA) is 18.5 Å². The molecule has 0 radical (unpaired) electrons. The van der Waals surface area contributed by atoms with Crippen LogP contribution in [0.5, 0.6) is 0 Å². The molecule has 2 rings (SSSR count). The van der Waals surface area contributed by atoms with Gasteiger partial charge >= 0.3 is 0 Å². The SMILES string of the molecule is c1ccc(CC2CCCCOCOCC2)cc1. The van der Waals surface area contributed by atoms with Crippen molar-refractivity contribution < 1.29 is 9.47 Å². The van der Waals surface area contributed by atoms with Crippen molar-refractivity contribution in [1.29, 1.82) is 0 Å². The smallest absolute Gasteiger partial charge is 0.146 e. The molecule has 1 aliphatic rings. The minimum atomic E-state index is 0.470. The molecule has 0 saturated carbocycles. The van der Waals surface area contributed by atoms with Gasteiger partial charge in [0.15, 0.2) is 0 Å². The summed E-state index contributed by atoms with van der Waals surface area (Å²) in [6.45, 7) is 2.15. The molecule has 94 valence electrons. The van der Waals surface area contributed by atoms with Gasteiger partial charge in [-0.15, -0.1) is 0 Å². The van der Waals surface area contributed by atoms with E-state index in [-0.39, 0.29) is 0 Å². The van der Waals surface area contributed by atoms with Crippen molar-refractivity contribution in [2.24, 2.45) is 5.92 Å². The van der Waals surface area contributed by atoms with Crippen LogP contribution in [0.2, 0.25) is 0 Å². The Kier molecular flexibility index (Phi) is 5.53. The van der Waals surface area contributed by atoms with Crippen molar-refractivity contribution in [3.05, 3.63) is 35.9 Å². The van der Waals surface area contributed by atoms with Crippen LogP contribution in [0.3, 0.4) is 0 Å². The van der Waals surface area contributed by atoms with Gasteiger partial charge in [-0.2, -0.15) is 0 Å². The Labute approximate surface area is 104 Å². The largest absolute Gasteiger partial charge is 0.355 e. The maximum atomic E-state index is 5.46. The van der Waals surface area contributed by atoms with E-state index in [4.69, 9.17) is 9.47 Å². The predicted octanol–water partition coefficient (Wildman–Crippen LogP) is 3.41. The molecular formula is C15H22O2. The number of hydrogen-bond donors (Lipinski definition) is 0. The standard InChI is InChI=1S/C15H22O2/c1-2-6-14(7-3-1)12-15-8-4-5-10-16-13-17-11-9-15/h1-3,6-7,15H,4-5,8-13H2. The van der Waals surface area contributed by atoms with E-state index in [1.807, 2.05) is 0 Å². The normalized spacial score (nSPS) is 23.2. The van der Waals surface area contributed by atoms with Gasteiger partial charge in [0.1, 0.15) is 6.79 Å². The van der Waals surface area contributed by atoms with Crippen LogP contribution >= 0.6 is 0 Å². The zero-order valence-electron chi connectivity index (χ0n) is 10.4. The molecule has 0 bridgehead atoms. The lowest BCUT2D eigenvalue weighted by Gasteiger charge is -2.18. The molecule has 1 aromatic rings. The molecule has 1 fully saturated rings. The van der Waals surface area contributed by atoms with Crippen LogP contribution in [-0.4, -0.2) is 20.0 Å². The van der Waals surface area contributed by atoms with E-state index in [1.165, 1.54) is 24.8 Å². The maximum Gasteiger partial charge on any atom is 0.146 e. The molecular weight excluding hydrogens is 212 g/mol. The van der Waals surface area contributed by atoms with Gasteiger partial charge in [-0.3, -0.25) is 0 Å². The third kappa shape index (κ3) is 4.88. The summed E-state index contributed by atoms with van der Waals surface area (Å²) in [6, 6.07) is 10.8. The first-order chi connectivity index (χ1) is 8.45. The highest BCUT2D eigenvalue weighted by Crippen LogP contribution is 2.19. The number of benzene rings is 1. The Morgan fingerprint density at radius 2 is 1.76 bits per heavy atom. The zero-order chi connectivity index (χ0) is 11.8. The van der Waals surface area contributed by atoms with E-state index < -0.39 is 0 Å². The van der Waals surface area contributed by atoms with Crippen LogP contribution in [-0.2, 0) is 15.9 Å². The molecule has 1 saturated heterocycles. The quantitative estimate of drug-likeness (QED) is 0.780. The second-order valence-corrected chi connectivity index (χ2v) is 4.77. The number of rotatable bonds is 2. The van der Waals surface area contributed by atoms with Crippen LogP contribution in [0.15, 0.2) is 30.3 Å². The number of ether oxygens (including phenoxy) is 2. The van der Waals surface area contributed by atoms with Crippen LogP contribution in [0, 0.1) is 5.92 Å². The first kappa shape index (κ1) is 12.6. The van der Waals surface area contributed by atoms with Crippen LogP contribution in [0.4, 0.5) is 0 Å². The lowest BCUT2D eigenvalue weighted by Crippen LogP contribution is -2.13. The summed E-state index contributed by atoms with van der Waals surface area (Å²) >= 11 is 0. The molecule has 1 aromatic carbocycles. The lowest BCUT2D eigenvalue weighted by atomic mass is 9.91. The molecule has 0 amide bonds. The van der Waals surface area contributed by atoms with E-state index in [1.54, 1.807) is 0 Å². The first-order valence-electron chi connectivity index (χ1n) is 6.64. The van der Waals surface area contributed by atoms with Crippen molar-refractivity contribution in [3.63, 3.8) is 0 Å². The molecule has 1 heterocycles. The Morgan fingerprint density at radius 3 is 2.65 bits per heavy atom. The summed E-state index contributed by atoms with van der Waals surface area (Å²) in [7, 11) is 0. The van der Waals surface area contributed by atoms with E-state index in [0.717, 1.165) is 32.0 Å². The van der Waals surface area contributed by atoms with Gasteiger partial charge in [0.05, 0.1) is 0 Å². The van der Waals surface area contributed by atoms with Crippen molar-refractivity contribution in [3.8, 4) is 0 Å². The molecule has 2 nitrogen and oxygen atoms in total. The second-order valence-electron chi connectivity index (χ2n) is 4.77. The Morgan fingerprint density at radius 1 is 0.941 bits per heavy atom. The summed E-state index contributed by atoms with van der Waals surface area (Å²) in [5, 5.41) is 0. The first-order valence-corrected chi connectivity index (χ1v) is 6.64. The van der Waals surface area contributed by atoms with E-state index in [0.29, 0.717) is 6.79 Å². The molecule has 17 heavy (non-hydrogen) atoms. The molecule has 1 unspecified atom stereocenters. The zero-order valence-corrected chi connectivity index (χ0v) is 10.4. The van der Waals surface area contributed by atoms with Gasteiger partial charge < -0.3 is 9.47 Å². The molecule has 0 N–H and O–H groups in total. The third-order valence-electron chi connectivity index (χ3n) is 3.36. The van der Waals surface area contributed by atoms with Gasteiger partial charge in [0.25, 0.3) is 0 Å². The number of hydrogen-bond acceptors (Lipinski definition) is 2. The van der Waals surface area contributed by atoms with Gasteiger partial charge in [-0.05, 0) is 37.2 Å². The van der Waals surface area contributed by atoms with Crippen molar-refractivity contribution in [1.82, 2.24) is 0 Å². The average Bonchev–Trinajstić information content (AvgIpc) is 2.38. The lowest BCUT2D eigenvalue weighted by molar-refractivity contribution is -0.0616. The monoisotopic (exact) mass is 234 g/mol. The molecule has 1 aliphatic heterocycles. The second kappa shape index (κ2) is 7.46. The predicted molar refractivity (Wildman–Crippen MR) is 68.9 cm³/mol. The van der Waals surface area contributed by atoms with Gasteiger partial charge in [0, 0.05) is 13.2 Å². The van der Waals surface area contributed by atoms with Gasteiger partial charge in [-0.1, -0.05) is 36.8 Å². The third-order valence-corrected chi connectivity index (χ3v) is 3.36. The van der Waals surface area contributed by atoms with Crippen molar-refractivity contribution in [2.45, 2.75) is 32.1 Å². The summed E-state index contributed by atoms with van der Waals surface area (Å²) in [5.74, 6) is 0.760. The average molecular weight is 234 g/mol. The van der Waals surface area contributed by atoms with E-state index in [9.17, 15) is 0 Å². The van der Waals surface area contributed by atoms with Crippen LogP contribution < -0.4 is 0 Å². The van der Waals surface area contributed by atoms with Crippen molar-refractivity contribution >= 4 is 0 Å². The molecule has 0 spiro atoms. The Bertz CT molecular complexity index is 287. The van der Waals surface area contributed by atoms with Gasteiger partial charge in [-0.25, -0.2) is 0 Å². The summed E-state index contributed by atoms with van der Waals surface area (Å²) in [5.41, 5.74) is 1.45. The fourth-order valence-electron chi connectivity index (χ4n) is 2.36. The minimum Gasteiger partial charge on any atom is -0.355 e. The van der Waals surface area contributed by atoms with Gasteiger partial charge in [0.2, 0.25) is 0 Å².